The Balaban J connectivity index is 2.17. The van der Waals surface area contributed by atoms with Gasteiger partial charge in [-0.3, -0.25) is 0 Å². The van der Waals surface area contributed by atoms with Crippen molar-refractivity contribution in [1.29, 1.82) is 0 Å². The first-order valence-electron chi connectivity index (χ1n) is 7.04. The molecule has 0 bridgehead atoms. The second-order valence-corrected chi connectivity index (χ2v) is 6.75. The molecule has 0 radical (unpaired) electrons. The summed E-state index contributed by atoms with van der Waals surface area (Å²) in [5.41, 5.74) is 8.04. The quantitative estimate of drug-likeness (QED) is 0.413. The topological polar surface area (TPSA) is 70.6 Å². The van der Waals surface area contributed by atoms with Crippen molar-refractivity contribution in [1.82, 2.24) is 5.32 Å². The van der Waals surface area contributed by atoms with Gasteiger partial charge in [-0.2, -0.15) is 0 Å². The van der Waals surface area contributed by atoms with E-state index in [1.165, 1.54) is 4.90 Å². The second kappa shape index (κ2) is 8.33. The van der Waals surface area contributed by atoms with Crippen LogP contribution in [0, 0.1) is 0 Å². The Labute approximate surface area is 139 Å². The zero-order valence-electron chi connectivity index (χ0n) is 12.7. The molecule has 4 N–H and O–H groups in total. The molecule has 0 aliphatic carbocycles. The summed E-state index contributed by atoms with van der Waals surface area (Å²) in [7, 11) is 0. The average molecular weight is 335 g/mol. The van der Waals surface area contributed by atoms with Crippen LogP contribution in [0.5, 0.6) is 0 Å². The maximum absolute atomic E-state index is 9.33. The maximum atomic E-state index is 9.33. The fourth-order valence-corrected chi connectivity index (χ4v) is 3.23. The summed E-state index contributed by atoms with van der Waals surface area (Å²) in [6, 6.07) is 10.0. The number of thiophene rings is 1. The lowest BCUT2D eigenvalue weighted by atomic mass is 10.2. The third kappa shape index (κ3) is 4.84. The molecule has 0 amide bonds. The van der Waals surface area contributed by atoms with Gasteiger partial charge < -0.3 is 16.2 Å². The van der Waals surface area contributed by atoms with Gasteiger partial charge in [-0.25, -0.2) is 4.99 Å². The van der Waals surface area contributed by atoms with Crippen LogP contribution in [0.4, 0.5) is 5.69 Å². The first kappa shape index (κ1) is 17.0. The molecule has 22 heavy (non-hydrogen) atoms. The normalized spacial score (nSPS) is 13.3. The van der Waals surface area contributed by atoms with E-state index in [0.29, 0.717) is 18.9 Å². The van der Waals surface area contributed by atoms with Crippen LogP contribution < -0.4 is 11.1 Å². The zero-order valence-corrected chi connectivity index (χ0v) is 14.4. The number of hydrogen-bond donors (Lipinski definition) is 3. The molecule has 0 saturated heterocycles. The lowest BCUT2D eigenvalue weighted by Crippen LogP contribution is -2.24. The molecular formula is C16H21N3OS2. The number of nitrogens with one attached hydrogen (secondary N) is 1. The highest BCUT2D eigenvalue weighted by Gasteiger charge is 2.05. The number of hydrogen-bond acceptors (Lipinski definition) is 5. The fourth-order valence-electron chi connectivity index (χ4n) is 2.01. The summed E-state index contributed by atoms with van der Waals surface area (Å²) in [6.45, 7) is 3.03. The highest BCUT2D eigenvalue weighted by atomic mass is 32.2. The van der Waals surface area contributed by atoms with Crippen LogP contribution in [0.2, 0.25) is 0 Å². The Hall–Kier alpha value is -1.34. The Morgan fingerprint density at radius 2 is 2.27 bits per heavy atom. The molecule has 1 atom stereocenters. The summed E-state index contributed by atoms with van der Waals surface area (Å²) < 4.78 is 0. The van der Waals surface area contributed by atoms with Gasteiger partial charge in [0.1, 0.15) is 5.84 Å². The van der Waals surface area contributed by atoms with Crippen molar-refractivity contribution in [2.75, 3.05) is 12.8 Å². The standard InChI is InChI=1S/C16H21N3OS2/c1-11(20)9-18-10-12-8-13(5-6-14(12)21-2)19-16(17)15-4-3-7-22-15/h3-8,11,18,20H,9-10H2,1-2H3,(H2,17,19)/t11-/m0/s1. The van der Waals surface area contributed by atoms with Crippen molar-refractivity contribution in [3.05, 3.63) is 46.2 Å². The van der Waals surface area contributed by atoms with Crippen LogP contribution in [0.15, 0.2) is 45.6 Å². The van der Waals surface area contributed by atoms with Gasteiger partial charge in [0.15, 0.2) is 0 Å². The van der Waals surface area contributed by atoms with Crippen molar-refractivity contribution in [3.63, 3.8) is 0 Å². The van der Waals surface area contributed by atoms with Crippen LogP contribution in [-0.4, -0.2) is 29.8 Å². The van der Waals surface area contributed by atoms with Gasteiger partial charge in [0.2, 0.25) is 0 Å². The Kier molecular flexibility index (Phi) is 6.45. The molecule has 0 spiro atoms. The first-order valence-corrected chi connectivity index (χ1v) is 9.14. The van der Waals surface area contributed by atoms with Crippen molar-refractivity contribution >= 4 is 34.6 Å². The van der Waals surface area contributed by atoms with E-state index in [9.17, 15) is 5.11 Å². The third-order valence-electron chi connectivity index (χ3n) is 3.04. The predicted molar refractivity (Wildman–Crippen MR) is 96.3 cm³/mol. The van der Waals surface area contributed by atoms with Gasteiger partial charge in [-0.15, -0.1) is 23.1 Å². The minimum Gasteiger partial charge on any atom is -0.392 e. The van der Waals surface area contributed by atoms with E-state index >= 15 is 0 Å². The number of rotatable bonds is 7. The number of amidine groups is 1. The van der Waals surface area contributed by atoms with E-state index in [2.05, 4.69) is 22.6 Å². The summed E-state index contributed by atoms with van der Waals surface area (Å²) in [5, 5.41) is 14.6. The van der Waals surface area contributed by atoms with E-state index < -0.39 is 0 Å². The number of aliphatic hydroxyl groups excluding tert-OH is 1. The van der Waals surface area contributed by atoms with Gasteiger partial charge in [-0.1, -0.05) is 6.07 Å². The van der Waals surface area contributed by atoms with Crippen LogP contribution in [0.25, 0.3) is 0 Å². The molecule has 4 nitrogen and oxygen atoms in total. The largest absolute Gasteiger partial charge is 0.392 e. The van der Waals surface area contributed by atoms with Crippen molar-refractivity contribution in [2.24, 2.45) is 10.7 Å². The molecule has 1 aromatic heterocycles. The molecule has 0 aliphatic rings. The molecule has 2 rings (SSSR count). The molecule has 2 aromatic rings. The average Bonchev–Trinajstić information content (AvgIpc) is 3.01. The number of nitrogens with zero attached hydrogens (tertiary/aromatic N) is 1. The summed E-state index contributed by atoms with van der Waals surface area (Å²) in [6.07, 6.45) is 1.70. The Bertz CT molecular complexity index is 624. The molecular weight excluding hydrogens is 314 g/mol. The lowest BCUT2D eigenvalue weighted by Gasteiger charge is -2.11. The molecule has 0 unspecified atom stereocenters. The maximum Gasteiger partial charge on any atom is 0.141 e. The minimum absolute atomic E-state index is 0.353. The number of thioether (sulfide) groups is 1. The molecule has 118 valence electrons. The molecule has 0 saturated carbocycles. The van der Waals surface area contributed by atoms with Crippen LogP contribution in [-0.2, 0) is 6.54 Å². The molecule has 0 fully saturated rings. The van der Waals surface area contributed by atoms with Gasteiger partial charge in [-0.05, 0) is 48.4 Å². The van der Waals surface area contributed by atoms with Crippen molar-refractivity contribution in [3.8, 4) is 0 Å². The van der Waals surface area contributed by atoms with Crippen molar-refractivity contribution < 1.29 is 5.11 Å². The summed E-state index contributed by atoms with van der Waals surface area (Å²) in [4.78, 5) is 6.67. The van der Waals surface area contributed by atoms with Crippen molar-refractivity contribution in [2.45, 2.75) is 24.5 Å². The van der Waals surface area contributed by atoms with E-state index in [4.69, 9.17) is 5.73 Å². The van der Waals surface area contributed by atoms with E-state index in [1.807, 2.05) is 29.6 Å². The van der Waals surface area contributed by atoms with Crippen LogP contribution in [0.3, 0.4) is 0 Å². The smallest absolute Gasteiger partial charge is 0.141 e. The molecule has 6 heteroatoms. The highest BCUT2D eigenvalue weighted by molar-refractivity contribution is 7.98. The minimum atomic E-state index is -0.353. The second-order valence-electron chi connectivity index (χ2n) is 4.95. The molecule has 1 aromatic carbocycles. The summed E-state index contributed by atoms with van der Waals surface area (Å²) in [5.74, 6) is 0.537. The van der Waals surface area contributed by atoms with Gasteiger partial charge >= 0.3 is 0 Å². The number of aliphatic imine (C=N–C) groups is 1. The number of nitrogens with two attached hydrogens (primary N) is 1. The molecule has 0 aliphatic heterocycles. The van der Waals surface area contributed by atoms with Crippen LogP contribution >= 0.6 is 23.1 Å². The molecule has 1 heterocycles. The van der Waals surface area contributed by atoms with Crippen LogP contribution in [0.1, 0.15) is 17.4 Å². The van der Waals surface area contributed by atoms with E-state index in [1.54, 1.807) is 30.0 Å². The number of benzene rings is 1. The number of aliphatic hydroxyl groups is 1. The Morgan fingerprint density at radius 3 is 2.91 bits per heavy atom. The lowest BCUT2D eigenvalue weighted by molar-refractivity contribution is 0.191. The van der Waals surface area contributed by atoms with Gasteiger partial charge in [0.05, 0.1) is 16.7 Å². The van der Waals surface area contributed by atoms with E-state index in [0.717, 1.165) is 16.1 Å². The fraction of sp³-hybridized carbons (Fsp3) is 0.312. The van der Waals surface area contributed by atoms with E-state index in [-0.39, 0.29) is 6.10 Å². The van der Waals surface area contributed by atoms with Gasteiger partial charge in [0.25, 0.3) is 0 Å². The zero-order chi connectivity index (χ0) is 15.9. The predicted octanol–water partition coefficient (Wildman–Crippen LogP) is 2.98. The SMILES string of the molecule is CSc1ccc(N=C(N)c2cccs2)cc1CNC[C@H](C)O. The Morgan fingerprint density at radius 1 is 1.45 bits per heavy atom. The highest BCUT2D eigenvalue weighted by Crippen LogP contribution is 2.26. The van der Waals surface area contributed by atoms with Gasteiger partial charge in [0, 0.05) is 18.0 Å². The monoisotopic (exact) mass is 335 g/mol. The summed E-state index contributed by atoms with van der Waals surface area (Å²) >= 11 is 3.28. The third-order valence-corrected chi connectivity index (χ3v) is 4.77. The first-order chi connectivity index (χ1) is 10.6.